The second-order valence-corrected chi connectivity index (χ2v) is 6.06. The number of piperidine rings is 2. The Balaban J connectivity index is 0.000000771. The highest BCUT2D eigenvalue weighted by molar-refractivity contribution is 4.90. The molecular formula is C16H34N2. The van der Waals surface area contributed by atoms with Gasteiger partial charge in [-0.05, 0) is 77.7 Å². The zero-order valence-electron chi connectivity index (χ0n) is 13.3. The quantitative estimate of drug-likeness (QED) is 0.742. The monoisotopic (exact) mass is 254 g/mol. The summed E-state index contributed by atoms with van der Waals surface area (Å²) in [6.07, 6.45) is 5.80. The van der Waals surface area contributed by atoms with E-state index in [1.165, 1.54) is 58.4 Å². The summed E-state index contributed by atoms with van der Waals surface area (Å²) in [5, 5.41) is 0. The summed E-state index contributed by atoms with van der Waals surface area (Å²) in [6.45, 7) is 17.6. The highest BCUT2D eigenvalue weighted by Crippen LogP contribution is 2.41. The first-order valence-corrected chi connectivity index (χ1v) is 8.12. The van der Waals surface area contributed by atoms with E-state index in [-0.39, 0.29) is 0 Å². The van der Waals surface area contributed by atoms with E-state index < -0.39 is 0 Å². The lowest BCUT2D eigenvalue weighted by Gasteiger charge is -2.47. The van der Waals surface area contributed by atoms with Gasteiger partial charge in [0.1, 0.15) is 0 Å². The summed E-state index contributed by atoms with van der Waals surface area (Å²) < 4.78 is 0. The van der Waals surface area contributed by atoms with E-state index in [9.17, 15) is 0 Å². The molecule has 2 fully saturated rings. The maximum Gasteiger partial charge on any atom is 0.00385 e. The fourth-order valence-electron chi connectivity index (χ4n) is 3.36. The number of hydrogen-bond acceptors (Lipinski definition) is 2. The first-order valence-electron chi connectivity index (χ1n) is 8.12. The van der Waals surface area contributed by atoms with Gasteiger partial charge < -0.3 is 9.80 Å². The Bertz CT molecular complexity index is 207. The fourth-order valence-corrected chi connectivity index (χ4v) is 3.36. The molecule has 0 aromatic rings. The molecule has 0 aliphatic carbocycles. The standard InChI is InChI=1S/C14H28N2.C2H6/c1-4-15-9-5-14(6-10-15)7-11-16(12-8-14)13(2)3;1-2/h13H,4-12H2,1-3H3;1-2H3. The van der Waals surface area contributed by atoms with E-state index in [1.807, 2.05) is 13.8 Å². The largest absolute Gasteiger partial charge is 0.304 e. The van der Waals surface area contributed by atoms with Crippen molar-refractivity contribution in [3.05, 3.63) is 0 Å². The first-order chi connectivity index (χ1) is 8.65. The van der Waals surface area contributed by atoms with E-state index in [4.69, 9.17) is 0 Å². The van der Waals surface area contributed by atoms with Crippen LogP contribution in [0.3, 0.4) is 0 Å². The maximum atomic E-state index is 2.65. The third-order valence-electron chi connectivity index (χ3n) is 4.95. The zero-order chi connectivity index (χ0) is 13.6. The van der Waals surface area contributed by atoms with Gasteiger partial charge in [0.05, 0.1) is 0 Å². The second kappa shape index (κ2) is 7.49. The molecule has 0 bridgehead atoms. The molecule has 0 unspecified atom stereocenters. The summed E-state index contributed by atoms with van der Waals surface area (Å²) in [5.41, 5.74) is 0.719. The van der Waals surface area contributed by atoms with Crippen molar-refractivity contribution in [2.45, 2.75) is 66.3 Å². The van der Waals surface area contributed by atoms with Crippen molar-refractivity contribution >= 4 is 0 Å². The van der Waals surface area contributed by atoms with E-state index in [1.54, 1.807) is 0 Å². The molecule has 2 nitrogen and oxygen atoms in total. The van der Waals surface area contributed by atoms with Crippen LogP contribution < -0.4 is 0 Å². The average molecular weight is 254 g/mol. The third kappa shape index (κ3) is 3.96. The van der Waals surface area contributed by atoms with Crippen molar-refractivity contribution in [3.8, 4) is 0 Å². The van der Waals surface area contributed by atoms with Crippen molar-refractivity contribution in [3.63, 3.8) is 0 Å². The lowest BCUT2D eigenvalue weighted by atomic mass is 9.71. The second-order valence-electron chi connectivity index (χ2n) is 6.06. The van der Waals surface area contributed by atoms with Crippen LogP contribution in [-0.2, 0) is 0 Å². The van der Waals surface area contributed by atoms with Crippen LogP contribution in [0.2, 0.25) is 0 Å². The van der Waals surface area contributed by atoms with Crippen LogP contribution in [-0.4, -0.2) is 48.6 Å². The van der Waals surface area contributed by atoms with E-state index in [2.05, 4.69) is 30.6 Å². The molecule has 0 amide bonds. The molecule has 2 heteroatoms. The normalized spacial score (nSPS) is 25.0. The van der Waals surface area contributed by atoms with Crippen LogP contribution in [0.25, 0.3) is 0 Å². The molecule has 2 rings (SSSR count). The Morgan fingerprint density at radius 2 is 1.33 bits per heavy atom. The smallest absolute Gasteiger partial charge is 0.00385 e. The number of hydrogen-bond donors (Lipinski definition) is 0. The Morgan fingerprint density at radius 3 is 1.72 bits per heavy atom. The van der Waals surface area contributed by atoms with Gasteiger partial charge in [0.25, 0.3) is 0 Å². The molecule has 2 heterocycles. The molecule has 0 radical (unpaired) electrons. The molecule has 0 N–H and O–H groups in total. The topological polar surface area (TPSA) is 6.48 Å². The lowest BCUT2D eigenvalue weighted by molar-refractivity contribution is 0.0266. The molecule has 0 aromatic heterocycles. The Kier molecular flexibility index (Phi) is 6.65. The molecule has 108 valence electrons. The van der Waals surface area contributed by atoms with Gasteiger partial charge in [-0.3, -0.25) is 0 Å². The van der Waals surface area contributed by atoms with Crippen LogP contribution in [0.1, 0.15) is 60.3 Å². The molecule has 1 spiro atoms. The fraction of sp³-hybridized carbons (Fsp3) is 1.00. The van der Waals surface area contributed by atoms with Crippen molar-refractivity contribution in [1.82, 2.24) is 9.80 Å². The Labute approximate surface area is 115 Å². The molecule has 2 aliphatic heterocycles. The maximum absolute atomic E-state index is 2.65. The van der Waals surface area contributed by atoms with Crippen molar-refractivity contribution in [2.75, 3.05) is 32.7 Å². The van der Waals surface area contributed by atoms with Gasteiger partial charge in [-0.1, -0.05) is 20.8 Å². The van der Waals surface area contributed by atoms with E-state index in [0.29, 0.717) is 0 Å². The predicted octanol–water partition coefficient (Wildman–Crippen LogP) is 3.62. The number of rotatable bonds is 2. The summed E-state index contributed by atoms with van der Waals surface area (Å²) in [7, 11) is 0. The van der Waals surface area contributed by atoms with Crippen molar-refractivity contribution in [1.29, 1.82) is 0 Å². The molecule has 18 heavy (non-hydrogen) atoms. The average Bonchev–Trinajstić information content (AvgIpc) is 2.42. The number of likely N-dealkylation sites (tertiary alicyclic amines) is 2. The van der Waals surface area contributed by atoms with Gasteiger partial charge in [-0.25, -0.2) is 0 Å². The van der Waals surface area contributed by atoms with Gasteiger partial charge >= 0.3 is 0 Å². The van der Waals surface area contributed by atoms with Crippen LogP contribution >= 0.6 is 0 Å². The molecular weight excluding hydrogens is 220 g/mol. The van der Waals surface area contributed by atoms with E-state index >= 15 is 0 Å². The molecule has 0 saturated carbocycles. The van der Waals surface area contributed by atoms with Crippen LogP contribution in [0.5, 0.6) is 0 Å². The minimum absolute atomic E-state index is 0.719. The highest BCUT2D eigenvalue weighted by Gasteiger charge is 2.37. The van der Waals surface area contributed by atoms with E-state index in [0.717, 1.165) is 11.5 Å². The van der Waals surface area contributed by atoms with Gasteiger partial charge in [0.15, 0.2) is 0 Å². The SMILES string of the molecule is CC.CCN1CCC2(CC1)CCN(C(C)C)CC2. The zero-order valence-corrected chi connectivity index (χ0v) is 13.3. The predicted molar refractivity (Wildman–Crippen MR) is 81.1 cm³/mol. The minimum Gasteiger partial charge on any atom is -0.304 e. The molecule has 2 aliphatic rings. The first kappa shape index (κ1) is 16.0. The van der Waals surface area contributed by atoms with Gasteiger partial charge in [0.2, 0.25) is 0 Å². The molecule has 0 atom stereocenters. The highest BCUT2D eigenvalue weighted by atomic mass is 15.2. The van der Waals surface area contributed by atoms with Gasteiger partial charge in [-0.15, -0.1) is 0 Å². The Morgan fingerprint density at radius 1 is 0.889 bits per heavy atom. The van der Waals surface area contributed by atoms with Gasteiger partial charge in [0, 0.05) is 6.04 Å². The van der Waals surface area contributed by atoms with Crippen molar-refractivity contribution in [2.24, 2.45) is 5.41 Å². The summed E-state index contributed by atoms with van der Waals surface area (Å²) in [5.74, 6) is 0. The van der Waals surface area contributed by atoms with Crippen LogP contribution in [0, 0.1) is 5.41 Å². The molecule has 2 saturated heterocycles. The minimum atomic E-state index is 0.719. The summed E-state index contributed by atoms with van der Waals surface area (Å²) >= 11 is 0. The van der Waals surface area contributed by atoms with Crippen LogP contribution in [0.4, 0.5) is 0 Å². The van der Waals surface area contributed by atoms with Gasteiger partial charge in [-0.2, -0.15) is 0 Å². The van der Waals surface area contributed by atoms with Crippen LogP contribution in [0.15, 0.2) is 0 Å². The summed E-state index contributed by atoms with van der Waals surface area (Å²) in [4.78, 5) is 5.26. The third-order valence-corrected chi connectivity index (χ3v) is 4.95. The Hall–Kier alpha value is -0.0800. The molecule has 0 aromatic carbocycles. The van der Waals surface area contributed by atoms with Crippen molar-refractivity contribution < 1.29 is 0 Å². The summed E-state index contributed by atoms with van der Waals surface area (Å²) in [6, 6.07) is 0.744. The number of nitrogens with zero attached hydrogens (tertiary/aromatic N) is 2. The lowest BCUT2D eigenvalue weighted by Crippen LogP contribution is -2.48.